The molecule has 0 amide bonds. The van der Waals surface area contributed by atoms with Crippen LogP contribution in [0.15, 0.2) is 29.6 Å². The normalized spacial score (nSPS) is 27.7. The molecule has 2 aromatic rings. The Morgan fingerprint density at radius 2 is 2.00 bits per heavy atom. The molecule has 1 aromatic heterocycles. The molecule has 3 heterocycles. The Kier molecular flexibility index (Phi) is 4.99. The van der Waals surface area contributed by atoms with Gasteiger partial charge in [0, 0.05) is 43.2 Å². The van der Waals surface area contributed by atoms with Gasteiger partial charge in [0.2, 0.25) is 0 Å². The van der Waals surface area contributed by atoms with Crippen molar-refractivity contribution in [3.8, 4) is 11.3 Å². The Morgan fingerprint density at radius 1 is 1.27 bits per heavy atom. The average Bonchev–Trinajstić information content (AvgIpc) is 3.15. The Labute approximate surface area is 157 Å². The van der Waals surface area contributed by atoms with Crippen LogP contribution in [0.1, 0.15) is 26.2 Å². The van der Waals surface area contributed by atoms with E-state index in [1.54, 1.807) is 23.5 Å². The minimum Gasteiger partial charge on any atom is -0.389 e. The lowest BCUT2D eigenvalue weighted by Gasteiger charge is -2.48. The van der Waals surface area contributed by atoms with Crippen molar-refractivity contribution in [2.24, 2.45) is 11.8 Å². The molecule has 1 N–H and O–H groups in total. The van der Waals surface area contributed by atoms with Crippen LogP contribution in [0.25, 0.3) is 11.3 Å². The summed E-state index contributed by atoms with van der Waals surface area (Å²) in [5.41, 5.74) is 1.21. The molecule has 0 spiro atoms. The van der Waals surface area contributed by atoms with Gasteiger partial charge in [0.05, 0.1) is 11.3 Å². The van der Waals surface area contributed by atoms with Crippen LogP contribution in [0.5, 0.6) is 0 Å². The molecule has 0 radical (unpaired) electrons. The predicted octanol–water partition coefficient (Wildman–Crippen LogP) is 3.95. The van der Waals surface area contributed by atoms with Gasteiger partial charge in [0.1, 0.15) is 5.82 Å². The maximum atomic E-state index is 13.1. The molecule has 6 heteroatoms. The molecule has 2 aliphatic rings. The number of piperidine rings is 1. The first-order chi connectivity index (χ1) is 12.6. The molecule has 140 valence electrons. The molecule has 0 bridgehead atoms. The number of anilines is 1. The number of ether oxygens (including phenoxy) is 1. The van der Waals surface area contributed by atoms with E-state index < -0.39 is 5.60 Å². The van der Waals surface area contributed by atoms with Crippen molar-refractivity contribution >= 4 is 16.5 Å². The van der Waals surface area contributed by atoms with E-state index in [-0.39, 0.29) is 11.7 Å². The SMILES string of the molecule is CC1CN(c2nc(-c3ccc(F)cc3)cs2)CCC1(O)C1CCOCC1. The zero-order valence-electron chi connectivity index (χ0n) is 15.0. The van der Waals surface area contributed by atoms with E-state index in [1.807, 2.05) is 5.38 Å². The van der Waals surface area contributed by atoms with Crippen molar-refractivity contribution in [2.75, 3.05) is 31.2 Å². The number of benzene rings is 1. The molecule has 2 fully saturated rings. The first kappa shape index (κ1) is 17.9. The average molecular weight is 376 g/mol. The van der Waals surface area contributed by atoms with Crippen molar-refractivity contribution in [2.45, 2.75) is 31.8 Å². The highest BCUT2D eigenvalue weighted by atomic mass is 32.1. The van der Waals surface area contributed by atoms with E-state index >= 15 is 0 Å². The van der Waals surface area contributed by atoms with Crippen LogP contribution in [-0.2, 0) is 4.74 Å². The van der Waals surface area contributed by atoms with Crippen molar-refractivity contribution in [1.29, 1.82) is 0 Å². The van der Waals surface area contributed by atoms with Crippen molar-refractivity contribution in [3.05, 3.63) is 35.5 Å². The molecule has 2 saturated heterocycles. The topological polar surface area (TPSA) is 45.6 Å². The monoisotopic (exact) mass is 376 g/mol. The molecule has 26 heavy (non-hydrogen) atoms. The molecule has 1 aromatic carbocycles. The van der Waals surface area contributed by atoms with Crippen LogP contribution in [-0.4, -0.2) is 42.0 Å². The number of thiazole rings is 1. The zero-order chi connectivity index (χ0) is 18.1. The van der Waals surface area contributed by atoms with Gasteiger partial charge in [-0.3, -0.25) is 0 Å². The summed E-state index contributed by atoms with van der Waals surface area (Å²) in [7, 11) is 0. The van der Waals surface area contributed by atoms with E-state index in [0.29, 0.717) is 5.92 Å². The quantitative estimate of drug-likeness (QED) is 0.881. The fourth-order valence-corrected chi connectivity index (χ4v) is 5.15. The molecular formula is C20H25FN2O2S. The van der Waals surface area contributed by atoms with Crippen LogP contribution >= 0.6 is 11.3 Å². The lowest BCUT2D eigenvalue weighted by Crippen LogP contribution is -2.56. The van der Waals surface area contributed by atoms with Crippen LogP contribution in [0, 0.1) is 17.7 Å². The summed E-state index contributed by atoms with van der Waals surface area (Å²) in [4.78, 5) is 7.02. The molecular weight excluding hydrogens is 351 g/mol. The van der Waals surface area contributed by atoms with Crippen LogP contribution in [0.2, 0.25) is 0 Å². The molecule has 4 rings (SSSR count). The lowest BCUT2D eigenvalue weighted by atomic mass is 9.70. The van der Waals surface area contributed by atoms with Crippen LogP contribution in [0.4, 0.5) is 9.52 Å². The summed E-state index contributed by atoms with van der Waals surface area (Å²) in [5.74, 6) is 0.290. The molecule has 2 atom stereocenters. The fourth-order valence-electron chi connectivity index (χ4n) is 4.28. The summed E-state index contributed by atoms with van der Waals surface area (Å²) >= 11 is 1.61. The number of hydrogen-bond donors (Lipinski definition) is 1. The number of nitrogens with zero attached hydrogens (tertiary/aromatic N) is 2. The minimum atomic E-state index is -0.600. The second kappa shape index (κ2) is 7.25. The third-order valence-electron chi connectivity index (χ3n) is 5.96. The van der Waals surface area contributed by atoms with Gasteiger partial charge in [0.15, 0.2) is 5.13 Å². The van der Waals surface area contributed by atoms with Crippen LogP contribution in [0.3, 0.4) is 0 Å². The third-order valence-corrected chi connectivity index (χ3v) is 6.86. The first-order valence-corrected chi connectivity index (χ1v) is 10.2. The van der Waals surface area contributed by atoms with Crippen LogP contribution < -0.4 is 4.90 Å². The number of aliphatic hydroxyl groups is 1. The highest BCUT2D eigenvalue weighted by molar-refractivity contribution is 7.14. The predicted molar refractivity (Wildman–Crippen MR) is 102 cm³/mol. The van der Waals surface area contributed by atoms with Gasteiger partial charge in [-0.15, -0.1) is 11.3 Å². The maximum Gasteiger partial charge on any atom is 0.185 e. The molecule has 0 aliphatic carbocycles. The Morgan fingerprint density at radius 3 is 2.69 bits per heavy atom. The number of hydrogen-bond acceptors (Lipinski definition) is 5. The molecule has 2 unspecified atom stereocenters. The largest absolute Gasteiger partial charge is 0.389 e. The zero-order valence-corrected chi connectivity index (χ0v) is 15.8. The Bertz CT molecular complexity index is 745. The second-order valence-corrected chi connectivity index (χ2v) is 8.33. The first-order valence-electron chi connectivity index (χ1n) is 9.33. The maximum absolute atomic E-state index is 13.1. The van der Waals surface area contributed by atoms with Gasteiger partial charge in [-0.05, 0) is 49.4 Å². The standard InChI is InChI=1S/C20H25FN2O2S/c1-14-12-23(9-8-20(14,24)16-6-10-25-11-7-16)19-22-18(13-26-19)15-2-4-17(21)5-3-15/h2-5,13-14,16,24H,6-12H2,1H3. The number of aromatic nitrogens is 1. The van der Waals surface area contributed by atoms with Crippen molar-refractivity contribution in [1.82, 2.24) is 4.98 Å². The summed E-state index contributed by atoms with van der Waals surface area (Å²) in [6.45, 7) is 5.29. The van der Waals surface area contributed by atoms with Gasteiger partial charge in [-0.25, -0.2) is 9.37 Å². The van der Waals surface area contributed by atoms with Gasteiger partial charge in [-0.2, -0.15) is 0 Å². The summed E-state index contributed by atoms with van der Waals surface area (Å²) in [5, 5.41) is 14.3. The third kappa shape index (κ3) is 3.38. The van der Waals surface area contributed by atoms with Gasteiger partial charge < -0.3 is 14.7 Å². The summed E-state index contributed by atoms with van der Waals surface area (Å²) in [6.07, 6.45) is 2.67. The van der Waals surface area contributed by atoms with E-state index in [0.717, 1.165) is 62.0 Å². The molecule has 2 aliphatic heterocycles. The van der Waals surface area contributed by atoms with Gasteiger partial charge in [0.25, 0.3) is 0 Å². The Balaban J connectivity index is 1.46. The number of rotatable bonds is 3. The van der Waals surface area contributed by atoms with Crippen molar-refractivity contribution in [3.63, 3.8) is 0 Å². The molecule has 0 saturated carbocycles. The fraction of sp³-hybridized carbons (Fsp3) is 0.550. The number of halogens is 1. The van der Waals surface area contributed by atoms with Gasteiger partial charge >= 0.3 is 0 Å². The minimum absolute atomic E-state index is 0.192. The second-order valence-electron chi connectivity index (χ2n) is 7.50. The van der Waals surface area contributed by atoms with E-state index in [4.69, 9.17) is 9.72 Å². The lowest BCUT2D eigenvalue weighted by molar-refractivity contribution is -0.108. The molecule has 4 nitrogen and oxygen atoms in total. The van der Waals surface area contributed by atoms with E-state index in [2.05, 4.69) is 11.8 Å². The summed E-state index contributed by atoms with van der Waals surface area (Å²) < 4.78 is 18.6. The Hall–Kier alpha value is -1.50. The smallest absolute Gasteiger partial charge is 0.185 e. The highest BCUT2D eigenvalue weighted by Crippen LogP contribution is 2.41. The van der Waals surface area contributed by atoms with E-state index in [9.17, 15) is 9.50 Å². The van der Waals surface area contributed by atoms with Gasteiger partial charge in [-0.1, -0.05) is 6.92 Å². The summed E-state index contributed by atoms with van der Waals surface area (Å²) in [6, 6.07) is 6.45. The van der Waals surface area contributed by atoms with Crippen molar-refractivity contribution < 1.29 is 14.2 Å². The highest BCUT2D eigenvalue weighted by Gasteiger charge is 2.45. The van der Waals surface area contributed by atoms with E-state index in [1.165, 1.54) is 12.1 Å².